The number of ether oxygens (including phenoxy) is 3. The summed E-state index contributed by atoms with van der Waals surface area (Å²) in [7, 11) is 0. The van der Waals surface area contributed by atoms with E-state index >= 15 is 0 Å². The van der Waals surface area contributed by atoms with Gasteiger partial charge < -0.3 is 19.0 Å². The summed E-state index contributed by atoms with van der Waals surface area (Å²) in [4.78, 5) is 11.0. The first-order valence-corrected chi connectivity index (χ1v) is 6.25. The van der Waals surface area contributed by atoms with Crippen LogP contribution in [-0.2, 0) is 20.7 Å². The fourth-order valence-corrected chi connectivity index (χ4v) is 1.98. The summed E-state index contributed by atoms with van der Waals surface area (Å²) < 4.78 is 16.4. The van der Waals surface area contributed by atoms with Crippen molar-refractivity contribution in [2.45, 2.75) is 19.4 Å². The predicted octanol–water partition coefficient (Wildman–Crippen LogP) is 1.91. The first-order chi connectivity index (χ1) is 8.85. The number of fused-ring (bicyclic) bond motifs is 1. The Morgan fingerprint density at radius 1 is 1.39 bits per heavy atom. The van der Waals surface area contributed by atoms with Gasteiger partial charge in [-0.2, -0.15) is 0 Å². The second-order valence-corrected chi connectivity index (χ2v) is 4.09. The van der Waals surface area contributed by atoms with Gasteiger partial charge in [-0.25, -0.2) is 0 Å². The highest BCUT2D eigenvalue weighted by molar-refractivity contribution is 5.61. The lowest BCUT2D eigenvalue weighted by Gasteiger charge is -2.18. The summed E-state index contributed by atoms with van der Waals surface area (Å²) in [5, 5.41) is 0. The molecule has 1 aromatic rings. The van der Waals surface area contributed by atoms with Crippen LogP contribution in [0.2, 0.25) is 0 Å². The number of carbonyl (C=O) groups excluding carboxylic acids is 1. The highest BCUT2D eigenvalue weighted by Gasteiger charge is 2.14. The lowest BCUT2D eigenvalue weighted by Crippen LogP contribution is -2.14. The van der Waals surface area contributed by atoms with Crippen LogP contribution in [0.1, 0.15) is 24.2 Å². The van der Waals surface area contributed by atoms with Gasteiger partial charge in [0, 0.05) is 6.61 Å². The van der Waals surface area contributed by atoms with Crippen LogP contribution in [0.25, 0.3) is 0 Å². The van der Waals surface area contributed by atoms with Crippen molar-refractivity contribution in [1.29, 1.82) is 0 Å². The van der Waals surface area contributed by atoms with E-state index < -0.39 is 6.10 Å². The number of hydrogen-bond acceptors (Lipinski definition) is 4. The van der Waals surface area contributed by atoms with Gasteiger partial charge in [0.2, 0.25) is 0 Å². The Balaban J connectivity index is 2.23. The zero-order valence-corrected chi connectivity index (χ0v) is 10.6. The van der Waals surface area contributed by atoms with Gasteiger partial charge >= 0.3 is 0 Å². The molecule has 0 spiro atoms. The highest BCUT2D eigenvalue weighted by Crippen LogP contribution is 2.26. The molecule has 0 aliphatic carbocycles. The van der Waals surface area contributed by atoms with Crippen LogP contribution in [0.3, 0.4) is 0 Å². The minimum Gasteiger partial charge on any atom is -0.491 e. The number of rotatable bonds is 4. The van der Waals surface area contributed by atoms with Gasteiger partial charge in [-0.05, 0) is 30.5 Å². The Morgan fingerprint density at radius 2 is 2.28 bits per heavy atom. The molecule has 0 saturated carbocycles. The molecule has 4 heteroatoms. The fraction of sp³-hybridized carbons (Fsp3) is 0.500. The lowest BCUT2D eigenvalue weighted by atomic mass is 10.0. The van der Waals surface area contributed by atoms with E-state index in [2.05, 4.69) is 0 Å². The van der Waals surface area contributed by atoms with E-state index in [4.69, 9.17) is 14.2 Å². The average Bonchev–Trinajstić information content (AvgIpc) is 2.37. The normalized spacial score (nSPS) is 16.9. The van der Waals surface area contributed by atoms with E-state index in [-0.39, 0.29) is 0 Å². The molecule has 2 rings (SSSR count). The topological polar surface area (TPSA) is 44.8 Å². The van der Waals surface area contributed by atoms with E-state index in [1.165, 1.54) is 0 Å². The number of aldehydes is 1. The summed E-state index contributed by atoms with van der Waals surface area (Å²) >= 11 is 0. The van der Waals surface area contributed by atoms with E-state index in [9.17, 15) is 4.79 Å². The summed E-state index contributed by atoms with van der Waals surface area (Å²) in [5.41, 5.74) is 1.95. The Bertz CT molecular complexity index is 403. The van der Waals surface area contributed by atoms with Crippen molar-refractivity contribution >= 4 is 6.29 Å². The molecule has 0 radical (unpaired) electrons. The van der Waals surface area contributed by atoms with Crippen molar-refractivity contribution in [2.75, 3.05) is 26.4 Å². The molecule has 0 bridgehead atoms. The molecule has 1 aromatic carbocycles. The van der Waals surface area contributed by atoms with Crippen LogP contribution in [0.4, 0.5) is 0 Å². The van der Waals surface area contributed by atoms with Crippen LogP contribution in [0, 0.1) is 0 Å². The smallest absolute Gasteiger partial charge is 0.153 e. The van der Waals surface area contributed by atoms with Gasteiger partial charge in [-0.3, -0.25) is 0 Å². The first-order valence-electron chi connectivity index (χ1n) is 6.25. The minimum absolute atomic E-state index is 0.509. The summed E-state index contributed by atoms with van der Waals surface area (Å²) in [6, 6.07) is 5.79. The maximum absolute atomic E-state index is 11.0. The summed E-state index contributed by atoms with van der Waals surface area (Å²) in [6.45, 7) is 4.23. The molecule has 1 heterocycles. The third kappa shape index (κ3) is 3.09. The second-order valence-electron chi connectivity index (χ2n) is 4.09. The maximum Gasteiger partial charge on any atom is 0.153 e. The molecular formula is C14H18O4. The Hall–Kier alpha value is -1.39. The molecule has 0 aromatic heterocycles. The minimum atomic E-state index is -0.509. The molecule has 18 heavy (non-hydrogen) atoms. The van der Waals surface area contributed by atoms with Crippen molar-refractivity contribution in [2.24, 2.45) is 0 Å². The van der Waals surface area contributed by atoms with Gasteiger partial charge in [0.1, 0.15) is 18.5 Å². The van der Waals surface area contributed by atoms with Crippen LogP contribution < -0.4 is 4.74 Å². The van der Waals surface area contributed by atoms with Crippen LogP contribution in [0.5, 0.6) is 5.75 Å². The molecule has 98 valence electrons. The van der Waals surface area contributed by atoms with Gasteiger partial charge in [0.15, 0.2) is 6.29 Å². The van der Waals surface area contributed by atoms with Gasteiger partial charge in [-0.1, -0.05) is 12.1 Å². The second kappa shape index (κ2) is 6.52. The molecule has 1 aliphatic heterocycles. The van der Waals surface area contributed by atoms with Crippen LogP contribution in [0.15, 0.2) is 18.2 Å². The van der Waals surface area contributed by atoms with Crippen LogP contribution >= 0.6 is 0 Å². The molecule has 1 atom stereocenters. The number of benzene rings is 1. The molecular weight excluding hydrogens is 232 g/mol. The summed E-state index contributed by atoms with van der Waals surface area (Å²) in [6.07, 6.45) is 1.14. The van der Waals surface area contributed by atoms with Crippen LogP contribution in [-0.4, -0.2) is 32.7 Å². The maximum atomic E-state index is 11.0. The Labute approximate surface area is 107 Å². The zero-order valence-electron chi connectivity index (χ0n) is 10.6. The fourth-order valence-electron chi connectivity index (χ4n) is 1.98. The number of carbonyl (C=O) groups is 1. The average molecular weight is 250 g/mol. The number of hydrogen-bond donors (Lipinski definition) is 0. The molecule has 0 amide bonds. The first kappa shape index (κ1) is 13.1. The van der Waals surface area contributed by atoms with Crippen molar-refractivity contribution < 1.29 is 19.0 Å². The Morgan fingerprint density at radius 3 is 3.06 bits per heavy atom. The standard InChI is InChI=1S/C14H18O4/c1-2-17-14(10-15)12-4-3-11-5-6-16-7-8-18-13(11)9-12/h3-4,9-10,14H,2,5-8H2,1H3. The SMILES string of the molecule is CCOC(C=O)c1ccc2c(c1)OCCOCC2. The van der Waals surface area contributed by atoms with E-state index in [1.807, 2.05) is 25.1 Å². The molecule has 1 aliphatic rings. The Kier molecular flexibility index (Phi) is 4.73. The predicted molar refractivity (Wildman–Crippen MR) is 66.9 cm³/mol. The van der Waals surface area contributed by atoms with E-state index in [0.717, 1.165) is 29.6 Å². The molecule has 1 unspecified atom stereocenters. The summed E-state index contributed by atoms with van der Waals surface area (Å²) in [5.74, 6) is 0.836. The third-order valence-corrected chi connectivity index (χ3v) is 2.89. The van der Waals surface area contributed by atoms with Crippen molar-refractivity contribution in [3.8, 4) is 5.75 Å². The quantitative estimate of drug-likeness (QED) is 0.766. The monoisotopic (exact) mass is 250 g/mol. The van der Waals surface area contributed by atoms with Crippen molar-refractivity contribution in [3.63, 3.8) is 0 Å². The van der Waals surface area contributed by atoms with E-state index in [1.54, 1.807) is 0 Å². The third-order valence-electron chi connectivity index (χ3n) is 2.89. The lowest BCUT2D eigenvalue weighted by molar-refractivity contribution is -0.118. The largest absolute Gasteiger partial charge is 0.491 e. The van der Waals surface area contributed by atoms with Gasteiger partial charge in [0.25, 0.3) is 0 Å². The van der Waals surface area contributed by atoms with E-state index in [0.29, 0.717) is 26.4 Å². The molecule has 0 fully saturated rings. The van der Waals surface area contributed by atoms with Crippen molar-refractivity contribution in [1.82, 2.24) is 0 Å². The van der Waals surface area contributed by atoms with Gasteiger partial charge in [0.05, 0.1) is 13.2 Å². The molecule has 0 N–H and O–H groups in total. The van der Waals surface area contributed by atoms with Crippen molar-refractivity contribution in [3.05, 3.63) is 29.3 Å². The molecule has 4 nitrogen and oxygen atoms in total. The molecule has 0 saturated heterocycles. The highest BCUT2D eigenvalue weighted by atomic mass is 16.5. The van der Waals surface area contributed by atoms with Gasteiger partial charge in [-0.15, -0.1) is 0 Å². The zero-order chi connectivity index (χ0) is 12.8.